The lowest BCUT2D eigenvalue weighted by molar-refractivity contribution is -0.125. The van der Waals surface area contributed by atoms with Gasteiger partial charge in [0.05, 0.1) is 16.4 Å². The maximum atomic E-state index is 13.4. The van der Waals surface area contributed by atoms with E-state index in [1.165, 1.54) is 12.1 Å². The maximum Gasteiger partial charge on any atom is 0.258 e. The molecule has 2 amide bonds. The van der Waals surface area contributed by atoms with Crippen molar-refractivity contribution in [2.75, 3.05) is 12.4 Å². The van der Waals surface area contributed by atoms with E-state index >= 15 is 0 Å². The van der Waals surface area contributed by atoms with E-state index in [-0.39, 0.29) is 46.8 Å². The molecular formula is C20H25ClFN3O3S. The Labute approximate surface area is 178 Å². The molecule has 0 aromatic heterocycles. The van der Waals surface area contributed by atoms with Gasteiger partial charge in [0, 0.05) is 23.4 Å². The van der Waals surface area contributed by atoms with E-state index in [1.54, 1.807) is 11.8 Å². The van der Waals surface area contributed by atoms with Crippen LogP contribution in [0.2, 0.25) is 5.02 Å². The van der Waals surface area contributed by atoms with Crippen LogP contribution in [0, 0.1) is 11.7 Å². The van der Waals surface area contributed by atoms with E-state index in [0.29, 0.717) is 11.3 Å². The van der Waals surface area contributed by atoms with Crippen molar-refractivity contribution in [2.24, 2.45) is 5.92 Å². The maximum absolute atomic E-state index is 13.4. The van der Waals surface area contributed by atoms with Crippen LogP contribution in [0.1, 0.15) is 32.6 Å². The number of nitrogens with one attached hydrogen (secondary N) is 3. The molecule has 3 unspecified atom stereocenters. The molecule has 158 valence electrons. The summed E-state index contributed by atoms with van der Waals surface area (Å²) in [5.41, 5.74) is -0.198. The molecule has 0 radical (unpaired) electrons. The van der Waals surface area contributed by atoms with Crippen molar-refractivity contribution in [1.29, 1.82) is 0 Å². The minimum atomic E-state index is -0.584. The molecule has 1 heterocycles. The minimum absolute atomic E-state index is 0.0106. The standard InChI is InChI=1S/C20H25ClFN3O3S/c1-2-18-24-16(10-29-18)19(27)25-20-6-11(7-20)15(8-20)23-17(26)9-28-12-3-4-13(21)14(22)5-12/h3-5,11,15-16,18,24H,2,6-10H2,1H3,(H,23,26)(H,25,27). The van der Waals surface area contributed by atoms with Crippen LogP contribution in [0.3, 0.4) is 0 Å². The number of carbonyl (C=O) groups is 2. The topological polar surface area (TPSA) is 79.5 Å². The molecule has 1 aromatic carbocycles. The van der Waals surface area contributed by atoms with E-state index in [9.17, 15) is 14.0 Å². The Morgan fingerprint density at radius 1 is 1.38 bits per heavy atom. The number of ether oxygens (including phenoxy) is 1. The van der Waals surface area contributed by atoms with Gasteiger partial charge >= 0.3 is 0 Å². The Morgan fingerprint density at radius 3 is 2.86 bits per heavy atom. The van der Waals surface area contributed by atoms with E-state index in [2.05, 4.69) is 22.9 Å². The molecule has 1 saturated heterocycles. The van der Waals surface area contributed by atoms with Gasteiger partial charge in [0.1, 0.15) is 11.6 Å². The molecule has 4 aliphatic rings. The Balaban J connectivity index is 1.23. The number of halogens is 2. The quantitative estimate of drug-likeness (QED) is 0.605. The second kappa shape index (κ2) is 8.32. The van der Waals surface area contributed by atoms with Crippen LogP contribution in [-0.2, 0) is 9.59 Å². The predicted octanol–water partition coefficient (Wildman–Crippen LogP) is 2.45. The van der Waals surface area contributed by atoms with Crippen molar-refractivity contribution in [3.05, 3.63) is 29.0 Å². The summed E-state index contributed by atoms with van der Waals surface area (Å²) in [5, 5.41) is 9.95. The third-order valence-corrected chi connectivity index (χ3v) is 7.72. The zero-order valence-electron chi connectivity index (χ0n) is 16.2. The number of carbonyl (C=O) groups excluding carboxylic acids is 2. The van der Waals surface area contributed by atoms with Gasteiger partial charge in [-0.3, -0.25) is 14.9 Å². The largest absolute Gasteiger partial charge is 0.484 e. The third kappa shape index (κ3) is 4.49. The summed E-state index contributed by atoms with van der Waals surface area (Å²) in [6.07, 6.45) is 3.52. The van der Waals surface area contributed by atoms with Crippen LogP contribution in [-0.4, -0.2) is 47.2 Å². The summed E-state index contributed by atoms with van der Waals surface area (Å²) in [4.78, 5) is 24.8. The first-order valence-corrected chi connectivity index (χ1v) is 11.4. The molecule has 5 rings (SSSR count). The fourth-order valence-corrected chi connectivity index (χ4v) is 5.82. The smallest absolute Gasteiger partial charge is 0.258 e. The summed E-state index contributed by atoms with van der Waals surface area (Å²) < 4.78 is 18.8. The van der Waals surface area contributed by atoms with Crippen molar-refractivity contribution < 1.29 is 18.7 Å². The highest BCUT2D eigenvalue weighted by atomic mass is 35.5. The Morgan fingerprint density at radius 2 is 2.17 bits per heavy atom. The van der Waals surface area contributed by atoms with Crippen LogP contribution < -0.4 is 20.7 Å². The lowest BCUT2D eigenvalue weighted by atomic mass is 9.76. The Kier molecular flexibility index (Phi) is 5.95. The second-order valence-electron chi connectivity index (χ2n) is 8.13. The molecule has 0 spiro atoms. The summed E-state index contributed by atoms with van der Waals surface area (Å²) >= 11 is 7.43. The van der Waals surface area contributed by atoms with E-state index in [0.717, 1.165) is 37.5 Å². The number of thioether (sulfide) groups is 1. The molecule has 3 saturated carbocycles. The first kappa shape index (κ1) is 20.8. The fourth-order valence-electron chi connectivity index (χ4n) is 4.54. The van der Waals surface area contributed by atoms with Crippen LogP contribution in [0.5, 0.6) is 5.75 Å². The van der Waals surface area contributed by atoms with E-state index < -0.39 is 5.82 Å². The van der Waals surface area contributed by atoms with Gasteiger partial charge in [0.25, 0.3) is 5.91 Å². The van der Waals surface area contributed by atoms with Gasteiger partial charge in [0.2, 0.25) is 5.91 Å². The second-order valence-corrected chi connectivity index (χ2v) is 9.77. The monoisotopic (exact) mass is 441 g/mol. The molecule has 3 N–H and O–H groups in total. The summed E-state index contributed by atoms with van der Waals surface area (Å²) in [5.74, 6) is 0.660. The van der Waals surface area contributed by atoms with Crippen LogP contribution >= 0.6 is 23.4 Å². The fraction of sp³-hybridized carbons (Fsp3) is 0.600. The first-order chi connectivity index (χ1) is 13.9. The molecule has 2 bridgehead atoms. The van der Waals surface area contributed by atoms with E-state index in [1.807, 2.05) is 0 Å². The zero-order valence-corrected chi connectivity index (χ0v) is 17.7. The predicted molar refractivity (Wildman–Crippen MR) is 111 cm³/mol. The zero-order chi connectivity index (χ0) is 20.6. The van der Waals surface area contributed by atoms with Crippen LogP contribution in [0.4, 0.5) is 4.39 Å². The van der Waals surface area contributed by atoms with E-state index in [4.69, 9.17) is 16.3 Å². The normalized spacial score (nSPS) is 32.5. The molecule has 3 atom stereocenters. The highest BCUT2D eigenvalue weighted by Crippen LogP contribution is 2.52. The van der Waals surface area contributed by atoms with Crippen molar-refractivity contribution in [3.63, 3.8) is 0 Å². The van der Waals surface area contributed by atoms with Crippen molar-refractivity contribution >= 4 is 35.2 Å². The SMILES string of the molecule is CCC1NC(C(=O)NC23CC(C2)C(NC(=O)COc2ccc(Cl)c(F)c2)C3)CS1. The molecule has 1 aromatic rings. The third-order valence-electron chi connectivity index (χ3n) is 6.02. The average molecular weight is 442 g/mol. The average Bonchev–Trinajstić information content (AvgIpc) is 3.35. The number of benzene rings is 1. The van der Waals surface area contributed by atoms with Gasteiger partial charge in [-0.1, -0.05) is 18.5 Å². The number of rotatable bonds is 7. The molecule has 1 aliphatic heterocycles. The van der Waals surface area contributed by atoms with Gasteiger partial charge in [0.15, 0.2) is 6.61 Å². The summed E-state index contributed by atoms with van der Waals surface area (Å²) in [6.45, 7) is 1.92. The Bertz CT molecular complexity index is 805. The molecule has 3 aliphatic carbocycles. The van der Waals surface area contributed by atoms with Gasteiger partial charge in [-0.15, -0.1) is 11.8 Å². The summed E-state index contributed by atoms with van der Waals surface area (Å²) in [7, 11) is 0. The molecule has 6 nitrogen and oxygen atoms in total. The van der Waals surface area contributed by atoms with Crippen molar-refractivity contribution in [2.45, 2.75) is 55.6 Å². The molecular weight excluding hydrogens is 417 g/mol. The summed E-state index contributed by atoms with van der Waals surface area (Å²) in [6, 6.07) is 3.96. The first-order valence-electron chi connectivity index (χ1n) is 9.94. The van der Waals surface area contributed by atoms with Crippen LogP contribution in [0.25, 0.3) is 0 Å². The highest BCUT2D eigenvalue weighted by Gasteiger charge is 2.57. The number of amides is 2. The lowest BCUT2D eigenvalue weighted by Crippen LogP contribution is -2.56. The van der Waals surface area contributed by atoms with Crippen molar-refractivity contribution in [1.82, 2.24) is 16.0 Å². The molecule has 4 fully saturated rings. The minimum Gasteiger partial charge on any atom is -0.484 e. The number of hydrogen-bond acceptors (Lipinski definition) is 5. The number of hydrogen-bond donors (Lipinski definition) is 3. The van der Waals surface area contributed by atoms with Crippen LogP contribution in [0.15, 0.2) is 18.2 Å². The highest BCUT2D eigenvalue weighted by molar-refractivity contribution is 8.00. The molecule has 9 heteroatoms. The van der Waals surface area contributed by atoms with Gasteiger partial charge in [-0.05, 0) is 43.7 Å². The van der Waals surface area contributed by atoms with Crippen molar-refractivity contribution in [3.8, 4) is 5.75 Å². The molecule has 29 heavy (non-hydrogen) atoms. The van der Waals surface area contributed by atoms with Gasteiger partial charge in [-0.25, -0.2) is 4.39 Å². The number of fused-ring (bicyclic) bond motifs is 1. The lowest BCUT2D eigenvalue weighted by Gasteiger charge is -2.39. The Hall–Kier alpha value is -1.51. The van der Waals surface area contributed by atoms with Gasteiger partial charge < -0.3 is 15.4 Å². The van der Waals surface area contributed by atoms with Gasteiger partial charge in [-0.2, -0.15) is 0 Å².